The zero-order valence-electron chi connectivity index (χ0n) is 12.2. The maximum atomic E-state index is 8.69. The van der Waals surface area contributed by atoms with Crippen LogP contribution in [0.1, 0.15) is 51.1 Å². The van der Waals surface area contributed by atoms with Gasteiger partial charge in [-0.15, -0.1) is 0 Å². The van der Waals surface area contributed by atoms with Crippen molar-refractivity contribution in [1.82, 2.24) is 5.32 Å². The maximum Gasteiger partial charge on any atom is 0.119 e. The van der Waals surface area contributed by atoms with Gasteiger partial charge in [-0.2, -0.15) is 0 Å². The van der Waals surface area contributed by atoms with E-state index in [1.54, 1.807) is 0 Å². The number of hydrogen-bond acceptors (Lipinski definition) is 3. The molecule has 0 spiro atoms. The van der Waals surface area contributed by atoms with Crippen LogP contribution in [0.25, 0.3) is 0 Å². The molecule has 3 heteroatoms. The van der Waals surface area contributed by atoms with Gasteiger partial charge in [-0.05, 0) is 49.9 Å². The molecule has 2 N–H and O–H groups in total. The SMILES string of the molecule is CCNC(CC)c1ccc(OCCCCCO)cc1. The molecule has 0 amide bonds. The topological polar surface area (TPSA) is 41.5 Å². The summed E-state index contributed by atoms with van der Waals surface area (Å²) in [5.41, 5.74) is 1.32. The van der Waals surface area contributed by atoms with Crippen molar-refractivity contribution in [3.05, 3.63) is 29.8 Å². The third-order valence-electron chi connectivity index (χ3n) is 3.21. The zero-order valence-corrected chi connectivity index (χ0v) is 12.2. The van der Waals surface area contributed by atoms with Crippen molar-refractivity contribution in [3.8, 4) is 5.75 Å². The van der Waals surface area contributed by atoms with Gasteiger partial charge in [0, 0.05) is 12.6 Å². The van der Waals surface area contributed by atoms with E-state index in [9.17, 15) is 0 Å². The van der Waals surface area contributed by atoms with Crippen LogP contribution in [0.5, 0.6) is 5.75 Å². The maximum absolute atomic E-state index is 8.69. The first-order chi connectivity index (χ1) is 9.31. The van der Waals surface area contributed by atoms with Gasteiger partial charge in [0.25, 0.3) is 0 Å². The molecule has 0 fully saturated rings. The number of nitrogens with one attached hydrogen (secondary N) is 1. The molecule has 1 unspecified atom stereocenters. The number of aliphatic hydroxyl groups excluding tert-OH is 1. The van der Waals surface area contributed by atoms with Crippen molar-refractivity contribution < 1.29 is 9.84 Å². The summed E-state index contributed by atoms with van der Waals surface area (Å²) in [6, 6.07) is 8.80. The first-order valence-corrected chi connectivity index (χ1v) is 7.38. The lowest BCUT2D eigenvalue weighted by Gasteiger charge is -2.16. The molecule has 0 aliphatic heterocycles. The normalized spacial score (nSPS) is 12.4. The third kappa shape index (κ3) is 6.08. The lowest BCUT2D eigenvalue weighted by molar-refractivity contribution is 0.266. The molecule has 1 aromatic carbocycles. The van der Waals surface area contributed by atoms with E-state index in [4.69, 9.17) is 9.84 Å². The summed E-state index contributed by atoms with van der Waals surface area (Å²) in [6.07, 6.45) is 3.97. The van der Waals surface area contributed by atoms with Gasteiger partial charge in [0.1, 0.15) is 5.75 Å². The highest BCUT2D eigenvalue weighted by molar-refractivity contribution is 5.29. The molecule has 0 aromatic heterocycles. The minimum absolute atomic E-state index is 0.275. The molecule has 1 atom stereocenters. The summed E-state index contributed by atoms with van der Waals surface area (Å²) in [6.45, 7) is 6.31. The summed E-state index contributed by atoms with van der Waals surface area (Å²) < 4.78 is 5.68. The lowest BCUT2D eigenvalue weighted by atomic mass is 10.0. The zero-order chi connectivity index (χ0) is 13.9. The van der Waals surface area contributed by atoms with Crippen molar-refractivity contribution >= 4 is 0 Å². The van der Waals surface area contributed by atoms with Crippen LogP contribution in [0.15, 0.2) is 24.3 Å². The third-order valence-corrected chi connectivity index (χ3v) is 3.21. The van der Waals surface area contributed by atoms with Crippen molar-refractivity contribution in [2.75, 3.05) is 19.8 Å². The Bertz CT molecular complexity index is 324. The Kier molecular flexibility index (Phi) is 8.26. The number of hydrogen-bond donors (Lipinski definition) is 2. The van der Waals surface area contributed by atoms with E-state index in [2.05, 4.69) is 31.3 Å². The van der Waals surface area contributed by atoms with Crippen LogP contribution < -0.4 is 10.1 Å². The van der Waals surface area contributed by atoms with E-state index < -0.39 is 0 Å². The highest BCUT2D eigenvalue weighted by atomic mass is 16.5. The second-order valence-corrected chi connectivity index (χ2v) is 4.72. The molecule has 3 nitrogen and oxygen atoms in total. The molecule has 0 heterocycles. The lowest BCUT2D eigenvalue weighted by Crippen LogP contribution is -2.19. The van der Waals surface area contributed by atoms with Crippen LogP contribution in [-0.4, -0.2) is 24.9 Å². The molecule has 108 valence electrons. The molecular formula is C16H27NO2. The predicted molar refractivity (Wildman–Crippen MR) is 79.6 cm³/mol. The van der Waals surface area contributed by atoms with Crippen molar-refractivity contribution in [1.29, 1.82) is 0 Å². The number of unbranched alkanes of at least 4 members (excludes halogenated alkanes) is 2. The summed E-state index contributed by atoms with van der Waals surface area (Å²) in [5.74, 6) is 0.930. The minimum atomic E-state index is 0.275. The Morgan fingerprint density at radius 3 is 2.42 bits per heavy atom. The van der Waals surface area contributed by atoms with Gasteiger partial charge in [-0.25, -0.2) is 0 Å². The Hall–Kier alpha value is -1.06. The molecule has 19 heavy (non-hydrogen) atoms. The van der Waals surface area contributed by atoms with E-state index >= 15 is 0 Å². The summed E-state index contributed by atoms with van der Waals surface area (Å²) in [7, 11) is 0. The van der Waals surface area contributed by atoms with Crippen LogP contribution >= 0.6 is 0 Å². The molecule has 1 rings (SSSR count). The van der Waals surface area contributed by atoms with Crippen LogP contribution in [0.2, 0.25) is 0 Å². The Morgan fingerprint density at radius 1 is 1.11 bits per heavy atom. The summed E-state index contributed by atoms with van der Waals surface area (Å²) in [4.78, 5) is 0. The predicted octanol–water partition coefficient (Wildman–Crippen LogP) is 3.29. The van der Waals surface area contributed by atoms with Gasteiger partial charge in [0.05, 0.1) is 6.61 Å². The van der Waals surface area contributed by atoms with Gasteiger partial charge in [-0.3, -0.25) is 0 Å². The highest BCUT2D eigenvalue weighted by Gasteiger charge is 2.07. The average molecular weight is 265 g/mol. The monoisotopic (exact) mass is 265 g/mol. The second kappa shape index (κ2) is 9.82. The van der Waals surface area contributed by atoms with Gasteiger partial charge < -0.3 is 15.2 Å². The van der Waals surface area contributed by atoms with E-state index in [-0.39, 0.29) is 6.61 Å². The van der Waals surface area contributed by atoms with Gasteiger partial charge in [-0.1, -0.05) is 26.0 Å². The smallest absolute Gasteiger partial charge is 0.119 e. The van der Waals surface area contributed by atoms with Crippen molar-refractivity contribution in [3.63, 3.8) is 0 Å². The molecule has 0 saturated heterocycles. The van der Waals surface area contributed by atoms with Crippen molar-refractivity contribution in [2.45, 2.75) is 45.6 Å². The van der Waals surface area contributed by atoms with Gasteiger partial charge in [0.15, 0.2) is 0 Å². The summed E-state index contributed by atoms with van der Waals surface area (Å²) in [5, 5.41) is 12.2. The van der Waals surface area contributed by atoms with Crippen molar-refractivity contribution in [2.24, 2.45) is 0 Å². The fraction of sp³-hybridized carbons (Fsp3) is 0.625. The van der Waals surface area contributed by atoms with E-state index in [1.807, 2.05) is 12.1 Å². The molecule has 0 bridgehead atoms. The van der Waals surface area contributed by atoms with Gasteiger partial charge >= 0.3 is 0 Å². The molecule has 0 saturated carbocycles. The molecule has 0 radical (unpaired) electrons. The van der Waals surface area contributed by atoms with E-state index in [0.29, 0.717) is 6.04 Å². The fourth-order valence-electron chi connectivity index (χ4n) is 2.12. The van der Waals surface area contributed by atoms with Crippen LogP contribution in [0.3, 0.4) is 0 Å². The number of benzene rings is 1. The van der Waals surface area contributed by atoms with Gasteiger partial charge in [0.2, 0.25) is 0 Å². The van der Waals surface area contributed by atoms with Crippen LogP contribution in [-0.2, 0) is 0 Å². The second-order valence-electron chi connectivity index (χ2n) is 4.72. The van der Waals surface area contributed by atoms with E-state index in [0.717, 1.165) is 44.6 Å². The quantitative estimate of drug-likeness (QED) is 0.638. The average Bonchev–Trinajstić information content (AvgIpc) is 2.45. The van der Waals surface area contributed by atoms with E-state index in [1.165, 1.54) is 5.56 Å². The molecular weight excluding hydrogens is 238 g/mol. The Morgan fingerprint density at radius 2 is 1.84 bits per heavy atom. The Balaban J connectivity index is 2.38. The first kappa shape index (κ1) is 16.0. The highest BCUT2D eigenvalue weighted by Crippen LogP contribution is 2.20. The minimum Gasteiger partial charge on any atom is -0.494 e. The summed E-state index contributed by atoms with van der Waals surface area (Å²) >= 11 is 0. The molecule has 0 aliphatic rings. The fourth-order valence-corrected chi connectivity index (χ4v) is 2.12. The largest absolute Gasteiger partial charge is 0.494 e. The number of aliphatic hydroxyl groups is 1. The first-order valence-electron chi connectivity index (χ1n) is 7.38. The van der Waals surface area contributed by atoms with Crippen LogP contribution in [0.4, 0.5) is 0 Å². The molecule has 0 aliphatic carbocycles. The van der Waals surface area contributed by atoms with Crippen LogP contribution in [0, 0.1) is 0 Å². The Labute approximate surface area is 117 Å². The number of rotatable bonds is 10. The molecule has 1 aromatic rings. The standard InChI is InChI=1S/C16H27NO2/c1-3-16(17-4-2)14-8-10-15(11-9-14)19-13-7-5-6-12-18/h8-11,16-18H,3-7,12-13H2,1-2H3. The number of ether oxygens (including phenoxy) is 1.